The number of rotatable bonds is 6. The predicted molar refractivity (Wildman–Crippen MR) is 126 cm³/mol. The Kier molecular flexibility index (Phi) is 6.65. The van der Waals surface area contributed by atoms with E-state index in [9.17, 15) is 4.79 Å². The van der Waals surface area contributed by atoms with Crippen molar-refractivity contribution in [3.8, 4) is 0 Å². The van der Waals surface area contributed by atoms with E-state index < -0.39 is 0 Å². The number of hydrogen-bond donors (Lipinski definition) is 1. The molecule has 0 unspecified atom stereocenters. The Morgan fingerprint density at radius 2 is 1.88 bits per heavy atom. The van der Waals surface area contributed by atoms with Crippen LogP contribution in [0.1, 0.15) is 20.3 Å². The lowest BCUT2D eigenvalue weighted by molar-refractivity contribution is -0.112. The molecule has 0 spiro atoms. The van der Waals surface area contributed by atoms with Crippen molar-refractivity contribution in [3.05, 3.63) is 59.5 Å². The highest BCUT2D eigenvalue weighted by molar-refractivity contribution is 6.32. The number of carbonyl (C=O) groups is 1. The van der Waals surface area contributed by atoms with Crippen molar-refractivity contribution in [2.45, 2.75) is 20.3 Å². The summed E-state index contributed by atoms with van der Waals surface area (Å²) < 4.78 is 1.68. The molecule has 10 heteroatoms. The lowest BCUT2D eigenvalue weighted by Crippen LogP contribution is -2.47. The minimum atomic E-state index is -0.294. The van der Waals surface area contributed by atoms with Gasteiger partial charge in [0.25, 0.3) is 5.91 Å². The molecule has 1 saturated heterocycles. The highest BCUT2D eigenvalue weighted by atomic mass is 35.5. The summed E-state index contributed by atoms with van der Waals surface area (Å²) in [5.74, 6) is 1.73. The van der Waals surface area contributed by atoms with Crippen LogP contribution in [0.15, 0.2) is 59.5 Å². The first-order valence-corrected chi connectivity index (χ1v) is 10.9. The molecule has 0 radical (unpaired) electrons. The van der Waals surface area contributed by atoms with Crippen molar-refractivity contribution in [2.75, 3.05) is 41.3 Å². The minimum absolute atomic E-state index is 0.294. The first-order chi connectivity index (χ1) is 15.6. The molecule has 166 valence electrons. The van der Waals surface area contributed by atoms with Gasteiger partial charge >= 0.3 is 0 Å². The zero-order valence-electron chi connectivity index (χ0n) is 18.1. The third-order valence-corrected chi connectivity index (χ3v) is 5.64. The van der Waals surface area contributed by atoms with Crippen molar-refractivity contribution in [1.82, 2.24) is 24.6 Å². The van der Waals surface area contributed by atoms with Gasteiger partial charge in [-0.05, 0) is 31.5 Å². The van der Waals surface area contributed by atoms with Crippen LogP contribution in [-0.4, -0.2) is 56.7 Å². The zero-order chi connectivity index (χ0) is 22.5. The highest BCUT2D eigenvalue weighted by Crippen LogP contribution is 2.20. The molecular weight excluding hydrogens is 428 g/mol. The summed E-state index contributed by atoms with van der Waals surface area (Å²) in [7, 11) is 0. The number of amides is 1. The monoisotopic (exact) mass is 452 g/mol. The third-order valence-electron chi connectivity index (χ3n) is 5.17. The fourth-order valence-electron chi connectivity index (χ4n) is 3.52. The lowest BCUT2D eigenvalue weighted by atomic mass is 10.2. The van der Waals surface area contributed by atoms with Gasteiger partial charge in [-0.2, -0.15) is 0 Å². The molecule has 1 amide bonds. The van der Waals surface area contributed by atoms with Crippen molar-refractivity contribution >= 4 is 40.7 Å². The van der Waals surface area contributed by atoms with Gasteiger partial charge < -0.3 is 15.1 Å². The molecular formula is C22H25ClN8O. The molecule has 1 N–H and O–H groups in total. The van der Waals surface area contributed by atoms with Gasteiger partial charge in [0, 0.05) is 43.6 Å². The van der Waals surface area contributed by atoms with Crippen LogP contribution in [0.5, 0.6) is 0 Å². The normalized spacial score (nSPS) is 15.3. The van der Waals surface area contributed by atoms with E-state index in [-0.39, 0.29) is 5.91 Å². The number of nitrogens with zero attached hydrogens (tertiary/aromatic N) is 7. The van der Waals surface area contributed by atoms with Crippen LogP contribution < -0.4 is 15.1 Å². The van der Waals surface area contributed by atoms with Crippen LogP contribution in [0.3, 0.4) is 0 Å². The smallest absolute Gasteiger partial charge is 0.258 e. The standard InChI is InChI=1S/C22H25ClN8O/c1-3-6-16(17(23)4-2)21(32)27-18-15-31-19(26-18)7-8-20(28-31)29-11-13-30(14-12-29)22-24-9-5-10-25-22/h3,5-10,15H,4,11-14H2,1-2H3,(H,27,32)/b6-3-,17-16-. The van der Waals surface area contributed by atoms with Crippen molar-refractivity contribution < 1.29 is 4.79 Å². The van der Waals surface area contributed by atoms with Crippen LogP contribution >= 0.6 is 11.6 Å². The van der Waals surface area contributed by atoms with Gasteiger partial charge in [0.2, 0.25) is 5.95 Å². The maximum atomic E-state index is 12.6. The Hall–Kier alpha value is -3.46. The van der Waals surface area contributed by atoms with Gasteiger partial charge in [-0.1, -0.05) is 30.7 Å². The van der Waals surface area contributed by atoms with Crippen molar-refractivity contribution in [1.29, 1.82) is 0 Å². The SMILES string of the molecule is C/C=C\C(C(=O)Nc1cn2nc(N3CCN(c4ncccn4)CC3)ccc2n1)=C(\Cl)CC. The number of anilines is 3. The quantitative estimate of drug-likeness (QED) is 0.453. The number of allylic oxidation sites excluding steroid dienone is 2. The van der Waals surface area contributed by atoms with Gasteiger partial charge in [-0.15, -0.1) is 5.10 Å². The maximum absolute atomic E-state index is 12.6. The Balaban J connectivity index is 1.46. The van der Waals surface area contributed by atoms with Crippen LogP contribution in [-0.2, 0) is 4.79 Å². The summed E-state index contributed by atoms with van der Waals surface area (Å²) in [6.45, 7) is 6.99. The molecule has 3 aromatic heterocycles. The van der Waals surface area contributed by atoms with E-state index in [1.807, 2.05) is 32.0 Å². The topological polar surface area (TPSA) is 91.6 Å². The molecule has 4 rings (SSSR count). The Morgan fingerprint density at radius 3 is 2.56 bits per heavy atom. The van der Waals surface area contributed by atoms with Crippen LogP contribution in [0.4, 0.5) is 17.6 Å². The summed E-state index contributed by atoms with van der Waals surface area (Å²) in [4.78, 5) is 30.1. The zero-order valence-corrected chi connectivity index (χ0v) is 18.8. The number of piperazine rings is 1. The average molecular weight is 453 g/mol. The predicted octanol–water partition coefficient (Wildman–Crippen LogP) is 3.26. The minimum Gasteiger partial charge on any atom is -0.352 e. The average Bonchev–Trinajstić information content (AvgIpc) is 3.24. The number of hydrogen-bond acceptors (Lipinski definition) is 7. The van der Waals surface area contributed by atoms with E-state index in [1.165, 1.54) is 0 Å². The third kappa shape index (κ3) is 4.72. The molecule has 32 heavy (non-hydrogen) atoms. The molecule has 1 fully saturated rings. The molecule has 1 aliphatic heterocycles. The van der Waals surface area contributed by atoms with E-state index >= 15 is 0 Å². The molecule has 0 aliphatic carbocycles. The van der Waals surface area contributed by atoms with E-state index in [4.69, 9.17) is 11.6 Å². The molecule has 4 heterocycles. The fourth-order valence-corrected chi connectivity index (χ4v) is 3.67. The van der Waals surface area contributed by atoms with Gasteiger partial charge in [-0.25, -0.2) is 19.5 Å². The number of nitrogens with one attached hydrogen (secondary N) is 1. The van der Waals surface area contributed by atoms with Gasteiger partial charge in [0.1, 0.15) is 5.82 Å². The van der Waals surface area contributed by atoms with E-state index in [0.717, 1.165) is 37.9 Å². The molecule has 3 aromatic rings. The van der Waals surface area contributed by atoms with Crippen LogP contribution in [0.2, 0.25) is 0 Å². The number of halogens is 1. The molecule has 0 aromatic carbocycles. The first-order valence-electron chi connectivity index (χ1n) is 10.5. The van der Waals surface area contributed by atoms with Crippen molar-refractivity contribution in [2.24, 2.45) is 0 Å². The maximum Gasteiger partial charge on any atom is 0.258 e. The van der Waals surface area contributed by atoms with Gasteiger partial charge in [0.05, 0.1) is 11.8 Å². The summed E-state index contributed by atoms with van der Waals surface area (Å²) >= 11 is 6.22. The Morgan fingerprint density at radius 1 is 1.16 bits per heavy atom. The fraction of sp³-hybridized carbons (Fsp3) is 0.318. The molecule has 0 saturated carbocycles. The Bertz CT molecular complexity index is 1150. The summed E-state index contributed by atoms with van der Waals surface area (Å²) in [5, 5.41) is 8.00. The van der Waals surface area contributed by atoms with Gasteiger partial charge in [0.15, 0.2) is 11.5 Å². The first kappa shape index (κ1) is 21.8. The second kappa shape index (κ2) is 9.78. The highest BCUT2D eigenvalue weighted by Gasteiger charge is 2.20. The molecule has 1 aliphatic rings. The van der Waals surface area contributed by atoms with E-state index in [2.05, 4.69) is 35.2 Å². The molecule has 0 bridgehead atoms. The van der Waals surface area contributed by atoms with E-state index in [0.29, 0.717) is 28.5 Å². The molecule has 0 atom stereocenters. The summed E-state index contributed by atoms with van der Waals surface area (Å²) in [6.07, 6.45) is 9.29. The number of imidazole rings is 1. The molecule has 9 nitrogen and oxygen atoms in total. The summed E-state index contributed by atoms with van der Waals surface area (Å²) in [6, 6.07) is 5.66. The van der Waals surface area contributed by atoms with Crippen LogP contribution in [0.25, 0.3) is 5.65 Å². The number of fused-ring (bicyclic) bond motifs is 1. The van der Waals surface area contributed by atoms with Crippen LogP contribution in [0, 0.1) is 0 Å². The second-order valence-electron chi connectivity index (χ2n) is 7.27. The summed E-state index contributed by atoms with van der Waals surface area (Å²) in [5.41, 5.74) is 1.08. The number of carbonyl (C=O) groups excluding carboxylic acids is 1. The Labute approximate surface area is 191 Å². The van der Waals surface area contributed by atoms with Gasteiger partial charge in [-0.3, -0.25) is 4.79 Å². The van der Waals surface area contributed by atoms with Crippen molar-refractivity contribution in [3.63, 3.8) is 0 Å². The van der Waals surface area contributed by atoms with E-state index in [1.54, 1.807) is 35.3 Å². The lowest BCUT2D eigenvalue weighted by Gasteiger charge is -2.35. The largest absolute Gasteiger partial charge is 0.352 e. The number of aromatic nitrogens is 5. The second-order valence-corrected chi connectivity index (χ2v) is 7.73.